The molecule has 4 nitrogen and oxygen atoms in total. The highest BCUT2D eigenvalue weighted by Crippen LogP contribution is 2.17. The number of nitrogens with one attached hydrogen (secondary N) is 1. The molecule has 0 aliphatic rings. The van der Waals surface area contributed by atoms with Crippen LogP contribution in [0.15, 0.2) is 76.7 Å². The van der Waals surface area contributed by atoms with Crippen molar-refractivity contribution < 1.29 is 8.42 Å². The van der Waals surface area contributed by atoms with E-state index in [-0.39, 0.29) is 4.90 Å². The van der Waals surface area contributed by atoms with E-state index < -0.39 is 10.0 Å². The molecule has 0 spiro atoms. The molecule has 1 N–H and O–H groups in total. The molecule has 0 atom stereocenters. The number of benzene rings is 3. The maximum Gasteiger partial charge on any atom is 0.276 e. The molecule has 5 heteroatoms. The fraction of sp³-hybridized carbons (Fsp3) is 0.0556. The Morgan fingerprint density at radius 2 is 1.61 bits per heavy atom. The van der Waals surface area contributed by atoms with Crippen LogP contribution in [0.5, 0.6) is 0 Å². The molecule has 3 rings (SSSR count). The molecule has 3 aromatic carbocycles. The Hall–Kier alpha value is -2.66. The molecular weight excluding hydrogens is 308 g/mol. The van der Waals surface area contributed by atoms with Gasteiger partial charge in [-0.3, -0.25) is 0 Å². The third-order valence-corrected chi connectivity index (χ3v) is 4.77. The predicted octanol–water partition coefficient (Wildman–Crippen LogP) is 3.46. The fourth-order valence-electron chi connectivity index (χ4n) is 2.30. The first kappa shape index (κ1) is 15.2. The van der Waals surface area contributed by atoms with E-state index >= 15 is 0 Å². The van der Waals surface area contributed by atoms with Gasteiger partial charge < -0.3 is 0 Å². The maximum atomic E-state index is 12.2. The number of nitrogens with zero attached hydrogens (tertiary/aromatic N) is 1. The average Bonchev–Trinajstić information content (AvgIpc) is 2.55. The van der Waals surface area contributed by atoms with E-state index in [1.807, 2.05) is 49.4 Å². The summed E-state index contributed by atoms with van der Waals surface area (Å²) >= 11 is 0. The number of fused-ring (bicyclic) bond motifs is 1. The number of sulfonamides is 1. The van der Waals surface area contributed by atoms with E-state index in [2.05, 4.69) is 9.93 Å². The summed E-state index contributed by atoms with van der Waals surface area (Å²) in [7, 11) is -3.65. The van der Waals surface area contributed by atoms with Gasteiger partial charge in [0.1, 0.15) is 0 Å². The summed E-state index contributed by atoms with van der Waals surface area (Å²) in [5, 5.41) is 6.00. The molecule has 0 bridgehead atoms. The maximum absolute atomic E-state index is 12.2. The predicted molar refractivity (Wildman–Crippen MR) is 93.0 cm³/mol. The summed E-state index contributed by atoms with van der Waals surface area (Å²) in [5.74, 6) is 0. The first-order valence-corrected chi connectivity index (χ1v) is 8.64. The zero-order chi connectivity index (χ0) is 16.3. The number of hydrogen-bond acceptors (Lipinski definition) is 3. The third-order valence-electron chi connectivity index (χ3n) is 3.53. The van der Waals surface area contributed by atoms with E-state index in [0.717, 1.165) is 21.9 Å². The van der Waals surface area contributed by atoms with Gasteiger partial charge >= 0.3 is 0 Å². The molecular formula is C18H16N2O2S. The van der Waals surface area contributed by atoms with Crippen molar-refractivity contribution in [1.29, 1.82) is 0 Å². The van der Waals surface area contributed by atoms with E-state index in [0.29, 0.717) is 0 Å². The Morgan fingerprint density at radius 1 is 0.913 bits per heavy atom. The summed E-state index contributed by atoms with van der Waals surface area (Å²) in [6, 6.07) is 20.3. The highest BCUT2D eigenvalue weighted by molar-refractivity contribution is 7.89. The molecule has 0 aromatic heterocycles. The molecule has 116 valence electrons. The van der Waals surface area contributed by atoms with Gasteiger partial charge in [-0.25, -0.2) is 4.83 Å². The molecule has 0 saturated carbocycles. The summed E-state index contributed by atoms with van der Waals surface area (Å²) in [4.78, 5) is 2.44. The van der Waals surface area contributed by atoms with Gasteiger partial charge in [0.2, 0.25) is 0 Å². The van der Waals surface area contributed by atoms with Crippen molar-refractivity contribution >= 4 is 27.0 Å². The first-order chi connectivity index (χ1) is 11.1. The lowest BCUT2D eigenvalue weighted by molar-refractivity contribution is 0.584. The average molecular weight is 324 g/mol. The van der Waals surface area contributed by atoms with Crippen molar-refractivity contribution in [3.8, 4) is 0 Å². The van der Waals surface area contributed by atoms with Gasteiger partial charge in [0.15, 0.2) is 0 Å². The van der Waals surface area contributed by atoms with Crippen LogP contribution in [-0.2, 0) is 10.0 Å². The Kier molecular flexibility index (Phi) is 4.12. The van der Waals surface area contributed by atoms with Crippen LogP contribution in [0, 0.1) is 6.92 Å². The van der Waals surface area contributed by atoms with Crippen LogP contribution in [0.25, 0.3) is 10.8 Å². The van der Waals surface area contributed by atoms with Gasteiger partial charge in [0.05, 0.1) is 11.1 Å². The Labute approximate surface area is 135 Å². The second-order valence-corrected chi connectivity index (χ2v) is 6.90. The van der Waals surface area contributed by atoms with Crippen molar-refractivity contribution in [2.45, 2.75) is 11.8 Å². The summed E-state index contributed by atoms with van der Waals surface area (Å²) in [5.41, 5.74) is 1.86. The molecule has 0 aliphatic heterocycles. The zero-order valence-electron chi connectivity index (χ0n) is 12.6. The Morgan fingerprint density at radius 3 is 2.39 bits per heavy atom. The van der Waals surface area contributed by atoms with E-state index in [1.54, 1.807) is 24.3 Å². The van der Waals surface area contributed by atoms with Crippen LogP contribution in [0.1, 0.15) is 11.1 Å². The van der Waals surface area contributed by atoms with Gasteiger partial charge in [-0.2, -0.15) is 13.5 Å². The topological polar surface area (TPSA) is 58.5 Å². The monoisotopic (exact) mass is 324 g/mol. The quantitative estimate of drug-likeness (QED) is 0.590. The van der Waals surface area contributed by atoms with Crippen LogP contribution in [0.2, 0.25) is 0 Å². The zero-order valence-corrected chi connectivity index (χ0v) is 13.4. The number of hydrogen-bond donors (Lipinski definition) is 1. The first-order valence-electron chi connectivity index (χ1n) is 7.15. The molecule has 3 aromatic rings. The number of hydrazone groups is 1. The Bertz CT molecular complexity index is 956. The summed E-state index contributed by atoms with van der Waals surface area (Å²) < 4.78 is 24.3. The Balaban J connectivity index is 1.84. The molecule has 0 fully saturated rings. The molecule has 0 amide bonds. The molecule has 0 heterocycles. The lowest BCUT2D eigenvalue weighted by Gasteiger charge is -2.04. The lowest BCUT2D eigenvalue weighted by Crippen LogP contribution is -2.18. The van der Waals surface area contributed by atoms with Crippen LogP contribution >= 0.6 is 0 Å². The number of aryl methyl sites for hydroxylation is 1. The largest absolute Gasteiger partial charge is 0.276 e. The molecule has 0 saturated heterocycles. The lowest BCUT2D eigenvalue weighted by atomic mass is 10.1. The molecule has 0 radical (unpaired) electrons. The van der Waals surface area contributed by atoms with Crippen molar-refractivity contribution in [3.63, 3.8) is 0 Å². The smallest absolute Gasteiger partial charge is 0.200 e. The van der Waals surface area contributed by atoms with Gasteiger partial charge in [-0.15, -0.1) is 0 Å². The van der Waals surface area contributed by atoms with Crippen LogP contribution in [-0.4, -0.2) is 14.6 Å². The van der Waals surface area contributed by atoms with E-state index in [9.17, 15) is 8.42 Å². The van der Waals surface area contributed by atoms with Crippen molar-refractivity contribution in [1.82, 2.24) is 4.83 Å². The summed E-state index contributed by atoms with van der Waals surface area (Å²) in [6.45, 7) is 1.91. The third kappa shape index (κ3) is 3.40. The SMILES string of the molecule is Cc1ccc(S(=O)(=O)N/N=C\c2cccc3ccccc23)cc1. The minimum Gasteiger partial charge on any atom is -0.200 e. The summed E-state index contributed by atoms with van der Waals surface area (Å²) in [6.07, 6.45) is 1.52. The highest BCUT2D eigenvalue weighted by atomic mass is 32.2. The fourth-order valence-corrected chi connectivity index (χ4v) is 3.09. The minimum absolute atomic E-state index is 0.193. The second-order valence-electron chi connectivity index (χ2n) is 5.23. The highest BCUT2D eigenvalue weighted by Gasteiger charge is 2.11. The molecule has 0 unspecified atom stereocenters. The second kappa shape index (κ2) is 6.22. The number of rotatable bonds is 4. The van der Waals surface area contributed by atoms with Crippen molar-refractivity contribution in [2.24, 2.45) is 5.10 Å². The standard InChI is InChI=1S/C18H16N2O2S/c1-14-9-11-17(12-10-14)23(21,22)20-19-13-16-7-4-6-15-5-2-3-8-18(15)16/h2-13,20H,1H3/b19-13-. The van der Waals surface area contributed by atoms with E-state index in [4.69, 9.17) is 0 Å². The van der Waals surface area contributed by atoms with Crippen molar-refractivity contribution in [3.05, 3.63) is 77.9 Å². The van der Waals surface area contributed by atoms with Gasteiger partial charge in [-0.05, 0) is 29.8 Å². The van der Waals surface area contributed by atoms with Crippen molar-refractivity contribution in [2.75, 3.05) is 0 Å². The molecule has 0 aliphatic carbocycles. The van der Waals surface area contributed by atoms with Crippen LogP contribution in [0.3, 0.4) is 0 Å². The van der Waals surface area contributed by atoms with Crippen LogP contribution < -0.4 is 4.83 Å². The van der Waals surface area contributed by atoms with Gasteiger partial charge in [-0.1, -0.05) is 60.2 Å². The van der Waals surface area contributed by atoms with Gasteiger partial charge in [0.25, 0.3) is 10.0 Å². The van der Waals surface area contributed by atoms with Gasteiger partial charge in [0, 0.05) is 5.56 Å². The van der Waals surface area contributed by atoms with Crippen LogP contribution in [0.4, 0.5) is 0 Å². The van der Waals surface area contributed by atoms with E-state index in [1.165, 1.54) is 6.21 Å². The minimum atomic E-state index is -3.65. The molecule has 23 heavy (non-hydrogen) atoms. The normalized spacial score (nSPS) is 11.9.